The maximum Gasteiger partial charge on any atom is 0.410 e. The van der Waals surface area contributed by atoms with E-state index in [0.717, 1.165) is 10.6 Å². The molecular weight excluding hydrogens is 614 g/mol. The lowest BCUT2D eigenvalue weighted by Crippen LogP contribution is -2.68. The third kappa shape index (κ3) is 4.79. The third-order valence-corrected chi connectivity index (χ3v) is 9.85. The molecule has 3 aromatic rings. The van der Waals surface area contributed by atoms with Gasteiger partial charge in [0.1, 0.15) is 28.4 Å². The van der Waals surface area contributed by atoms with Crippen LogP contribution in [0.3, 0.4) is 0 Å². The third-order valence-electron chi connectivity index (χ3n) is 8.93. The van der Waals surface area contributed by atoms with Gasteiger partial charge < -0.3 is 41.2 Å². The highest BCUT2D eigenvalue weighted by Crippen LogP contribution is 2.50. The quantitative estimate of drug-likeness (QED) is 0.244. The van der Waals surface area contributed by atoms with Crippen molar-refractivity contribution >= 4 is 45.8 Å². The van der Waals surface area contributed by atoms with E-state index in [4.69, 9.17) is 15.9 Å². The highest BCUT2D eigenvalue weighted by Gasteiger charge is 2.61. The number of hydrogen-bond acceptors (Lipinski definition) is 12. The van der Waals surface area contributed by atoms with E-state index in [-0.39, 0.29) is 49.3 Å². The molecule has 13 nitrogen and oxygen atoms in total. The number of Topliss-reactive ketones (excluding diaryl/α,β-unsaturated/α-hetero) is 1. The number of nitrogens with two attached hydrogens (primary N) is 1. The van der Waals surface area contributed by atoms with Gasteiger partial charge >= 0.3 is 6.09 Å². The molecule has 0 bridgehead atoms. The van der Waals surface area contributed by atoms with Crippen LogP contribution in [0.2, 0.25) is 0 Å². The van der Waals surface area contributed by atoms with Gasteiger partial charge in [-0.25, -0.2) is 4.79 Å². The van der Waals surface area contributed by atoms with Gasteiger partial charge in [-0.1, -0.05) is 0 Å². The number of aromatic nitrogens is 1. The summed E-state index contributed by atoms with van der Waals surface area (Å²) in [6.45, 7) is 7.88. The van der Waals surface area contributed by atoms with E-state index in [0.29, 0.717) is 16.5 Å². The number of hydrogen-bond donors (Lipinski definition) is 6. The summed E-state index contributed by atoms with van der Waals surface area (Å²) < 4.78 is 9.82. The SMILES string of the molecule is Cc1cc(-c2ccc(O)c3c(O)c4c(cc23)C[C@H]2[C@@H](N3CCN(C(=O)OC(C)(C)C)CC3)C(O)=C(C(N)=O)C(=N)[C@@]2(O)C4=O)sn1. The summed E-state index contributed by atoms with van der Waals surface area (Å²) in [5.41, 5.74) is 2.18. The molecule has 1 aromatic heterocycles. The number of benzene rings is 2. The van der Waals surface area contributed by atoms with Crippen LogP contribution >= 0.6 is 11.5 Å². The van der Waals surface area contributed by atoms with Gasteiger partial charge in [0.25, 0.3) is 5.91 Å². The number of fused-ring (bicyclic) bond motifs is 3. The average Bonchev–Trinajstić information content (AvgIpc) is 3.40. The number of phenolic OH excluding ortho intramolecular Hbond substituents is 2. The lowest BCUT2D eigenvalue weighted by molar-refractivity contribution is -0.114. The Labute approximate surface area is 268 Å². The number of carbonyl (C=O) groups is 3. The Hall–Kier alpha value is -4.53. The minimum atomic E-state index is -2.65. The Bertz CT molecular complexity index is 1870. The Morgan fingerprint density at radius 2 is 1.80 bits per heavy atom. The number of aryl methyl sites for hydroxylation is 1. The van der Waals surface area contributed by atoms with Gasteiger partial charge in [-0.15, -0.1) is 0 Å². The van der Waals surface area contributed by atoms with Crippen LogP contribution in [0.25, 0.3) is 21.2 Å². The first kappa shape index (κ1) is 31.5. The molecule has 1 aliphatic heterocycles. The molecule has 242 valence electrons. The number of aromatic hydroxyl groups is 2. The number of phenols is 2. The molecule has 3 aliphatic rings. The number of piperazine rings is 1. The molecule has 14 heteroatoms. The number of aliphatic hydroxyl groups is 2. The second-order valence-corrected chi connectivity index (χ2v) is 13.8. The molecular formula is C32H35N5O8S. The van der Waals surface area contributed by atoms with Crippen molar-refractivity contribution in [2.24, 2.45) is 11.7 Å². The summed E-state index contributed by atoms with van der Waals surface area (Å²) in [4.78, 5) is 43.6. The molecule has 46 heavy (non-hydrogen) atoms. The molecule has 7 N–H and O–H groups in total. The largest absolute Gasteiger partial charge is 0.510 e. The molecule has 3 atom stereocenters. The van der Waals surface area contributed by atoms with Crippen molar-refractivity contribution in [1.29, 1.82) is 5.41 Å². The molecule has 1 fully saturated rings. The van der Waals surface area contributed by atoms with Crippen LogP contribution in [0.1, 0.15) is 42.4 Å². The molecule has 0 radical (unpaired) electrons. The number of aliphatic hydroxyl groups excluding tert-OH is 1. The Kier molecular flexibility index (Phi) is 7.37. The van der Waals surface area contributed by atoms with E-state index in [9.17, 15) is 34.8 Å². The summed E-state index contributed by atoms with van der Waals surface area (Å²) in [5, 5.41) is 55.2. The zero-order valence-electron chi connectivity index (χ0n) is 25.7. The normalized spacial score (nSPS) is 23.8. The molecule has 1 saturated heterocycles. The highest BCUT2D eigenvalue weighted by atomic mass is 32.1. The van der Waals surface area contributed by atoms with Crippen LogP contribution in [0.4, 0.5) is 4.79 Å². The van der Waals surface area contributed by atoms with Gasteiger partial charge in [0.2, 0.25) is 5.78 Å². The van der Waals surface area contributed by atoms with Gasteiger partial charge in [0.15, 0.2) is 5.60 Å². The summed E-state index contributed by atoms with van der Waals surface area (Å²) >= 11 is 1.24. The molecule has 2 aromatic carbocycles. The van der Waals surface area contributed by atoms with Gasteiger partial charge in [-0.05, 0) is 80.9 Å². The number of nitrogens with one attached hydrogen (secondary N) is 1. The Balaban J connectivity index is 1.46. The van der Waals surface area contributed by atoms with E-state index in [1.807, 2.05) is 13.0 Å². The molecule has 6 rings (SSSR count). The van der Waals surface area contributed by atoms with E-state index < -0.39 is 63.7 Å². The number of ether oxygens (including phenoxy) is 1. The zero-order valence-corrected chi connectivity index (χ0v) is 26.6. The second-order valence-electron chi connectivity index (χ2n) is 13.0. The number of primary amides is 1. The van der Waals surface area contributed by atoms with E-state index in [2.05, 4.69) is 4.37 Å². The predicted octanol–water partition coefficient (Wildman–Crippen LogP) is 3.02. The van der Waals surface area contributed by atoms with Crippen molar-refractivity contribution in [3.8, 4) is 21.9 Å². The van der Waals surface area contributed by atoms with E-state index >= 15 is 0 Å². The fraction of sp³-hybridized carbons (Fsp3) is 0.406. The smallest absolute Gasteiger partial charge is 0.410 e. The van der Waals surface area contributed by atoms with Crippen molar-refractivity contribution in [2.45, 2.75) is 51.4 Å². The van der Waals surface area contributed by atoms with Gasteiger partial charge in [0.05, 0.1) is 33.3 Å². The minimum absolute atomic E-state index is 0.0108. The minimum Gasteiger partial charge on any atom is -0.510 e. The first-order valence-corrected chi connectivity index (χ1v) is 15.6. The molecule has 0 saturated carbocycles. The predicted molar refractivity (Wildman–Crippen MR) is 169 cm³/mol. The van der Waals surface area contributed by atoms with Gasteiger partial charge in [0, 0.05) is 37.7 Å². The summed E-state index contributed by atoms with van der Waals surface area (Å²) in [6, 6.07) is 5.47. The molecule has 2 heterocycles. The van der Waals surface area contributed by atoms with Crippen LogP contribution in [-0.2, 0) is 16.0 Å². The number of rotatable bonds is 3. The Morgan fingerprint density at radius 1 is 1.13 bits per heavy atom. The monoisotopic (exact) mass is 649 g/mol. The van der Waals surface area contributed by atoms with Crippen LogP contribution in [-0.4, -0.2) is 102 Å². The van der Waals surface area contributed by atoms with Crippen LogP contribution < -0.4 is 5.73 Å². The fourth-order valence-corrected chi connectivity index (χ4v) is 7.67. The maximum absolute atomic E-state index is 14.3. The van der Waals surface area contributed by atoms with Crippen LogP contribution in [0.15, 0.2) is 35.6 Å². The van der Waals surface area contributed by atoms with E-state index in [1.165, 1.54) is 22.5 Å². The number of carbonyl (C=O) groups excluding carboxylic acids is 3. The van der Waals surface area contributed by atoms with E-state index in [1.54, 1.807) is 37.8 Å². The zero-order chi connectivity index (χ0) is 33.5. The first-order chi connectivity index (χ1) is 21.5. The van der Waals surface area contributed by atoms with Crippen molar-refractivity contribution in [1.82, 2.24) is 14.2 Å². The Morgan fingerprint density at radius 3 is 2.39 bits per heavy atom. The molecule has 2 aliphatic carbocycles. The van der Waals surface area contributed by atoms with Crippen molar-refractivity contribution in [3.63, 3.8) is 0 Å². The topological polar surface area (TPSA) is 211 Å². The van der Waals surface area contributed by atoms with Gasteiger partial charge in [-0.3, -0.25) is 14.5 Å². The first-order valence-electron chi connectivity index (χ1n) is 14.8. The molecule has 2 amide bonds. The standard InChI is InChI=1S/C32H35N5O8S/c1-14-11-20(46-35-14)16-5-6-19(38)22-17(16)12-15-13-18-24(36-7-9-37(10-8-36)30(43)45-31(2,3)4)26(40)23(29(34)42)27(33)32(18,44)28(41)21(15)25(22)39/h5-6,11-12,18,24,33,38-40,44H,7-10,13H2,1-4H3,(H2,34,42)/t18-,24+,32+/m0/s1. The van der Waals surface area contributed by atoms with Crippen LogP contribution in [0.5, 0.6) is 11.5 Å². The van der Waals surface area contributed by atoms with Crippen LogP contribution in [0, 0.1) is 18.3 Å². The van der Waals surface area contributed by atoms with Crippen molar-refractivity contribution < 1.29 is 39.5 Å². The van der Waals surface area contributed by atoms with Crippen molar-refractivity contribution in [2.75, 3.05) is 26.2 Å². The number of ketones is 1. The molecule has 0 unspecified atom stereocenters. The fourth-order valence-electron chi connectivity index (χ4n) is 6.88. The highest BCUT2D eigenvalue weighted by molar-refractivity contribution is 7.09. The summed E-state index contributed by atoms with van der Waals surface area (Å²) in [5.74, 6) is -4.82. The maximum atomic E-state index is 14.3. The lowest BCUT2D eigenvalue weighted by atomic mass is 9.61. The second kappa shape index (κ2) is 10.8. The molecule has 0 spiro atoms. The summed E-state index contributed by atoms with van der Waals surface area (Å²) in [6.07, 6.45) is -0.598. The van der Waals surface area contributed by atoms with Crippen molar-refractivity contribution in [3.05, 3.63) is 52.4 Å². The number of nitrogens with zero attached hydrogens (tertiary/aromatic N) is 3. The lowest BCUT2D eigenvalue weighted by Gasteiger charge is -2.51. The number of amides is 2. The summed E-state index contributed by atoms with van der Waals surface area (Å²) in [7, 11) is 0. The average molecular weight is 650 g/mol. The van der Waals surface area contributed by atoms with Gasteiger partial charge in [-0.2, -0.15) is 4.37 Å².